The summed E-state index contributed by atoms with van der Waals surface area (Å²) in [6.07, 6.45) is 7.08. The minimum Gasteiger partial charge on any atom is -0.495 e. The molecule has 27 heavy (non-hydrogen) atoms. The van der Waals surface area contributed by atoms with Gasteiger partial charge < -0.3 is 19.6 Å². The van der Waals surface area contributed by atoms with Gasteiger partial charge in [0.25, 0.3) is 0 Å². The highest BCUT2D eigenvalue weighted by Gasteiger charge is 2.20. The van der Waals surface area contributed by atoms with Crippen molar-refractivity contribution in [3.8, 4) is 5.75 Å². The van der Waals surface area contributed by atoms with Crippen LogP contribution < -0.4 is 9.64 Å². The first-order valence-electron chi connectivity index (χ1n) is 9.09. The third kappa shape index (κ3) is 5.92. The lowest BCUT2D eigenvalue weighted by Crippen LogP contribution is -2.45. The van der Waals surface area contributed by atoms with Gasteiger partial charge in [0.1, 0.15) is 11.6 Å². The molecule has 0 bridgehead atoms. The van der Waals surface area contributed by atoms with Gasteiger partial charge in [0, 0.05) is 63.1 Å². The third-order valence-electron chi connectivity index (χ3n) is 4.13. The van der Waals surface area contributed by atoms with Crippen molar-refractivity contribution in [1.82, 2.24) is 19.9 Å². The molecule has 0 aromatic carbocycles. The van der Waals surface area contributed by atoms with Crippen LogP contribution in [-0.2, 0) is 0 Å². The quantitative estimate of drug-likeness (QED) is 0.883. The van der Waals surface area contributed by atoms with E-state index in [1.54, 1.807) is 25.7 Å². The van der Waals surface area contributed by atoms with Crippen LogP contribution in [0.4, 0.5) is 5.82 Å². The van der Waals surface area contributed by atoms with Crippen molar-refractivity contribution >= 4 is 11.5 Å². The van der Waals surface area contributed by atoms with Gasteiger partial charge in [0.15, 0.2) is 0 Å². The summed E-state index contributed by atoms with van der Waals surface area (Å²) in [5.41, 5.74) is 2.87. The average molecular weight is 374 g/mol. The molecule has 1 fully saturated rings. The Bertz CT molecular complexity index is 686. The Morgan fingerprint density at radius 3 is 2.30 bits per heavy atom. The van der Waals surface area contributed by atoms with E-state index in [2.05, 4.69) is 31.3 Å². The zero-order valence-corrected chi connectivity index (χ0v) is 17.0. The number of nitrogens with zero attached hydrogens (tertiary/aromatic N) is 5. The Morgan fingerprint density at radius 2 is 1.74 bits per heavy atom. The minimum absolute atomic E-state index is 0.793. The average Bonchev–Trinajstić information content (AvgIpc) is 2.77. The maximum Gasteiger partial charge on any atom is 0.147 e. The van der Waals surface area contributed by atoms with Crippen LogP contribution in [0.15, 0.2) is 37.4 Å². The van der Waals surface area contributed by atoms with Gasteiger partial charge in [-0.3, -0.25) is 9.97 Å². The first-order chi connectivity index (χ1) is 13.2. The van der Waals surface area contributed by atoms with Gasteiger partial charge in [-0.25, -0.2) is 4.98 Å². The van der Waals surface area contributed by atoms with E-state index < -0.39 is 0 Å². The van der Waals surface area contributed by atoms with Crippen LogP contribution in [0.2, 0.25) is 0 Å². The van der Waals surface area contributed by atoms with Gasteiger partial charge in [0.2, 0.25) is 0 Å². The Morgan fingerprint density at radius 1 is 1.07 bits per heavy atom. The molecule has 2 aromatic rings. The van der Waals surface area contributed by atoms with Crippen LogP contribution in [0.1, 0.15) is 25.1 Å². The van der Waals surface area contributed by atoms with E-state index in [1.165, 1.54) is 0 Å². The number of aliphatic hydroxyl groups is 1. The van der Waals surface area contributed by atoms with Gasteiger partial charge in [-0.2, -0.15) is 0 Å². The van der Waals surface area contributed by atoms with E-state index in [1.807, 2.05) is 33.0 Å². The molecule has 0 unspecified atom stereocenters. The summed E-state index contributed by atoms with van der Waals surface area (Å²) in [6.45, 7) is 13.8. The normalized spacial score (nSPS) is 13.0. The van der Waals surface area contributed by atoms with Crippen molar-refractivity contribution in [2.45, 2.75) is 20.8 Å². The molecule has 1 saturated heterocycles. The summed E-state index contributed by atoms with van der Waals surface area (Å²) in [6, 6.07) is 2.00. The van der Waals surface area contributed by atoms with E-state index in [9.17, 15) is 0 Å². The first kappa shape index (κ1) is 22.4. The van der Waals surface area contributed by atoms with Crippen molar-refractivity contribution in [2.24, 2.45) is 0 Å². The third-order valence-corrected chi connectivity index (χ3v) is 4.13. The lowest BCUT2D eigenvalue weighted by molar-refractivity contribution is 0.366. The zero-order valence-electron chi connectivity index (χ0n) is 17.0. The molecule has 7 heteroatoms. The van der Waals surface area contributed by atoms with E-state index in [0.29, 0.717) is 0 Å². The van der Waals surface area contributed by atoms with Crippen molar-refractivity contribution in [2.75, 3.05) is 45.3 Å². The molecule has 0 radical (unpaired) electrons. The van der Waals surface area contributed by atoms with Crippen LogP contribution in [0.3, 0.4) is 0 Å². The number of aromatic nitrogens is 3. The van der Waals surface area contributed by atoms with Crippen LogP contribution in [0, 0.1) is 6.92 Å². The number of piperazine rings is 1. The Hall–Kier alpha value is -2.67. The highest BCUT2D eigenvalue weighted by atomic mass is 16.5. The molecule has 2 aromatic heterocycles. The fraction of sp³-hybridized carbons (Fsp3) is 0.450. The molecule has 3 rings (SSSR count). The summed E-state index contributed by atoms with van der Waals surface area (Å²) in [5.74, 6) is 1.72. The molecular weight excluding hydrogens is 342 g/mol. The van der Waals surface area contributed by atoms with Gasteiger partial charge in [0.05, 0.1) is 19.0 Å². The van der Waals surface area contributed by atoms with Gasteiger partial charge in [-0.15, -0.1) is 0 Å². The van der Waals surface area contributed by atoms with Crippen LogP contribution in [-0.4, -0.2) is 65.4 Å². The largest absolute Gasteiger partial charge is 0.495 e. The second-order valence-electron chi connectivity index (χ2n) is 5.50. The monoisotopic (exact) mass is 373 g/mol. The second-order valence-corrected chi connectivity index (χ2v) is 5.50. The van der Waals surface area contributed by atoms with E-state index in [0.717, 1.165) is 61.8 Å². The Balaban J connectivity index is 0.000000855. The molecule has 0 aliphatic carbocycles. The second kappa shape index (κ2) is 11.9. The molecule has 148 valence electrons. The van der Waals surface area contributed by atoms with Crippen LogP contribution in [0.5, 0.6) is 5.75 Å². The summed E-state index contributed by atoms with van der Waals surface area (Å²) < 4.78 is 5.35. The molecular formula is C20H31N5O2. The van der Waals surface area contributed by atoms with Crippen molar-refractivity contribution in [3.05, 3.63) is 48.7 Å². The fourth-order valence-corrected chi connectivity index (χ4v) is 2.72. The highest BCUT2D eigenvalue weighted by Crippen LogP contribution is 2.24. The van der Waals surface area contributed by atoms with Gasteiger partial charge in [-0.1, -0.05) is 20.4 Å². The molecule has 0 amide bonds. The molecule has 1 aliphatic heterocycles. The maximum absolute atomic E-state index is 7.00. The predicted octanol–water partition coefficient (Wildman–Crippen LogP) is 2.62. The smallest absolute Gasteiger partial charge is 0.147 e. The molecule has 1 N–H and O–H groups in total. The maximum atomic E-state index is 7.00. The molecule has 0 atom stereocenters. The number of methoxy groups -OCH3 is 1. The molecule has 0 spiro atoms. The highest BCUT2D eigenvalue weighted by molar-refractivity contribution is 5.63. The number of anilines is 1. The van der Waals surface area contributed by atoms with Crippen molar-refractivity contribution in [1.29, 1.82) is 0 Å². The summed E-state index contributed by atoms with van der Waals surface area (Å²) in [5, 5.41) is 7.00. The van der Waals surface area contributed by atoms with Crippen molar-refractivity contribution < 1.29 is 9.84 Å². The Kier molecular flexibility index (Phi) is 9.82. The van der Waals surface area contributed by atoms with Crippen molar-refractivity contribution in [3.63, 3.8) is 0 Å². The first-order valence-corrected chi connectivity index (χ1v) is 9.09. The summed E-state index contributed by atoms with van der Waals surface area (Å²) >= 11 is 0. The Labute approximate surface area is 162 Å². The van der Waals surface area contributed by atoms with Crippen LogP contribution >= 0.6 is 0 Å². The topological polar surface area (TPSA) is 74.6 Å². The minimum atomic E-state index is 0.793. The number of aliphatic hydroxyl groups excluding tert-OH is 1. The van der Waals surface area contributed by atoms with Gasteiger partial charge >= 0.3 is 0 Å². The molecule has 1 aliphatic rings. The zero-order chi connectivity index (χ0) is 20.2. The van der Waals surface area contributed by atoms with Gasteiger partial charge in [-0.05, 0) is 13.0 Å². The lowest BCUT2D eigenvalue weighted by atomic mass is 10.1. The van der Waals surface area contributed by atoms with E-state index in [4.69, 9.17) is 9.84 Å². The number of pyridine rings is 1. The predicted molar refractivity (Wildman–Crippen MR) is 110 cm³/mol. The fourth-order valence-electron chi connectivity index (χ4n) is 2.72. The number of ether oxygens (including phenoxy) is 1. The number of hydrogen-bond donors (Lipinski definition) is 1. The SMILES string of the molecule is C=C(c1cnc(C)c(OC)c1)N1CCN(c2cnccn2)CC1.CC.CO. The van der Waals surface area contributed by atoms with E-state index >= 15 is 0 Å². The number of hydrogen-bond acceptors (Lipinski definition) is 7. The number of rotatable bonds is 4. The van der Waals surface area contributed by atoms with E-state index in [-0.39, 0.29) is 0 Å². The lowest BCUT2D eigenvalue weighted by Gasteiger charge is -2.37. The summed E-state index contributed by atoms with van der Waals surface area (Å²) in [4.78, 5) is 17.4. The van der Waals surface area contributed by atoms with Crippen LogP contribution in [0.25, 0.3) is 5.70 Å². The standard InChI is InChI=1S/C17H21N5O.C2H6.CH4O/c1-13-16(23-3)10-15(11-20-13)14(2)21-6-8-22(9-7-21)17-12-18-4-5-19-17;2*1-2/h4-5,10-12H,2,6-9H2,1,3H3;1-2H3;2H,1H3. The summed E-state index contributed by atoms with van der Waals surface area (Å²) in [7, 11) is 2.66. The molecule has 7 nitrogen and oxygen atoms in total. The number of aryl methyl sites for hydroxylation is 1. The molecule has 0 saturated carbocycles. The molecule has 3 heterocycles.